The van der Waals surface area contributed by atoms with Gasteiger partial charge in [0.1, 0.15) is 11.6 Å². The molecule has 0 saturated carbocycles. The quantitative estimate of drug-likeness (QED) is 0.590. The molecule has 0 radical (unpaired) electrons. The van der Waals surface area contributed by atoms with Crippen molar-refractivity contribution in [3.8, 4) is 5.88 Å². The molecule has 1 aromatic rings. The fourth-order valence-corrected chi connectivity index (χ4v) is 1.51. The number of hydrogen-bond acceptors (Lipinski definition) is 5. The van der Waals surface area contributed by atoms with E-state index in [9.17, 15) is 0 Å². The van der Waals surface area contributed by atoms with Gasteiger partial charge in [0.25, 0.3) is 0 Å². The van der Waals surface area contributed by atoms with Crippen LogP contribution in [-0.2, 0) is 0 Å². The maximum Gasteiger partial charge on any atom is 0.222 e. The lowest BCUT2D eigenvalue weighted by atomic mass is 10.2. The molecule has 5 nitrogen and oxygen atoms in total. The minimum atomic E-state index is 0.156. The first-order valence-electron chi connectivity index (χ1n) is 5.57. The van der Waals surface area contributed by atoms with Crippen LogP contribution in [-0.4, -0.2) is 16.1 Å². The molecule has 1 atom stereocenters. The number of anilines is 1. The molecule has 1 aromatic heterocycles. The number of nitrogens with zero attached hydrogens (tertiary/aromatic N) is 2. The summed E-state index contributed by atoms with van der Waals surface area (Å²) < 4.78 is 5.76. The van der Waals surface area contributed by atoms with E-state index in [4.69, 9.17) is 10.6 Å². The number of hydrazine groups is 1. The van der Waals surface area contributed by atoms with E-state index in [0.29, 0.717) is 17.5 Å². The van der Waals surface area contributed by atoms with E-state index in [1.807, 2.05) is 20.8 Å². The molecule has 5 heteroatoms. The molecule has 90 valence electrons. The van der Waals surface area contributed by atoms with Gasteiger partial charge in [-0.05, 0) is 27.2 Å². The number of nitrogen functional groups attached to an aromatic ring is 1. The van der Waals surface area contributed by atoms with E-state index < -0.39 is 0 Å². The molecule has 1 unspecified atom stereocenters. The summed E-state index contributed by atoms with van der Waals surface area (Å²) in [5, 5.41) is 0. The van der Waals surface area contributed by atoms with E-state index in [2.05, 4.69) is 22.3 Å². The lowest BCUT2D eigenvalue weighted by Crippen LogP contribution is -2.16. The maximum absolute atomic E-state index is 5.76. The second-order valence-electron chi connectivity index (χ2n) is 3.91. The van der Waals surface area contributed by atoms with Crippen LogP contribution in [0.2, 0.25) is 0 Å². The molecule has 0 bridgehead atoms. The second-order valence-corrected chi connectivity index (χ2v) is 3.91. The average Bonchev–Trinajstić information content (AvgIpc) is 2.23. The normalized spacial score (nSPS) is 12.3. The summed E-state index contributed by atoms with van der Waals surface area (Å²) in [6.07, 6.45) is 2.25. The molecule has 0 aliphatic carbocycles. The Kier molecular flexibility index (Phi) is 4.49. The largest absolute Gasteiger partial charge is 0.474 e. The van der Waals surface area contributed by atoms with Crippen LogP contribution in [0.4, 0.5) is 5.82 Å². The van der Waals surface area contributed by atoms with Gasteiger partial charge in [-0.15, -0.1) is 0 Å². The number of ether oxygens (including phenoxy) is 1. The monoisotopic (exact) mass is 224 g/mol. The fourth-order valence-electron chi connectivity index (χ4n) is 1.51. The highest BCUT2D eigenvalue weighted by Crippen LogP contribution is 2.22. The third-order valence-electron chi connectivity index (χ3n) is 2.36. The molecule has 0 fully saturated rings. The summed E-state index contributed by atoms with van der Waals surface area (Å²) in [6.45, 7) is 7.88. The zero-order valence-electron chi connectivity index (χ0n) is 10.4. The Morgan fingerprint density at radius 2 is 2.06 bits per heavy atom. The topological polar surface area (TPSA) is 73.1 Å². The number of nitrogens with one attached hydrogen (secondary N) is 1. The van der Waals surface area contributed by atoms with Gasteiger partial charge >= 0.3 is 0 Å². The van der Waals surface area contributed by atoms with Gasteiger partial charge in [0, 0.05) is 0 Å². The van der Waals surface area contributed by atoms with Crippen LogP contribution in [0.15, 0.2) is 0 Å². The van der Waals surface area contributed by atoms with Crippen LogP contribution in [0.3, 0.4) is 0 Å². The Balaban J connectivity index is 2.90. The van der Waals surface area contributed by atoms with Gasteiger partial charge in [0.05, 0.1) is 11.7 Å². The summed E-state index contributed by atoms with van der Waals surface area (Å²) in [5.41, 5.74) is 3.39. The van der Waals surface area contributed by atoms with Crippen molar-refractivity contribution in [3.05, 3.63) is 11.4 Å². The minimum absolute atomic E-state index is 0.156. The van der Waals surface area contributed by atoms with Gasteiger partial charge in [-0.2, -0.15) is 4.98 Å². The zero-order valence-corrected chi connectivity index (χ0v) is 10.4. The van der Waals surface area contributed by atoms with Gasteiger partial charge in [-0.25, -0.2) is 10.8 Å². The average molecular weight is 224 g/mol. The van der Waals surface area contributed by atoms with Crippen LogP contribution in [0.25, 0.3) is 0 Å². The first-order valence-corrected chi connectivity index (χ1v) is 5.57. The van der Waals surface area contributed by atoms with Crippen molar-refractivity contribution >= 4 is 5.82 Å². The van der Waals surface area contributed by atoms with Crippen molar-refractivity contribution in [1.82, 2.24) is 9.97 Å². The first kappa shape index (κ1) is 12.7. The predicted molar refractivity (Wildman–Crippen MR) is 64.3 cm³/mol. The van der Waals surface area contributed by atoms with E-state index in [1.165, 1.54) is 0 Å². The third kappa shape index (κ3) is 3.06. The van der Waals surface area contributed by atoms with Crippen molar-refractivity contribution in [3.63, 3.8) is 0 Å². The SMILES string of the molecule is CCCC(C)Oc1nc(C)nc(NN)c1C. The summed E-state index contributed by atoms with van der Waals surface area (Å²) in [6, 6.07) is 0. The van der Waals surface area contributed by atoms with E-state index in [1.54, 1.807) is 0 Å². The van der Waals surface area contributed by atoms with E-state index in [0.717, 1.165) is 18.4 Å². The number of aromatic nitrogens is 2. The molecule has 0 saturated heterocycles. The smallest absolute Gasteiger partial charge is 0.222 e. The van der Waals surface area contributed by atoms with E-state index >= 15 is 0 Å². The molecule has 16 heavy (non-hydrogen) atoms. The number of nitrogens with two attached hydrogens (primary N) is 1. The molecule has 0 aromatic carbocycles. The molecule has 0 aliphatic rings. The van der Waals surface area contributed by atoms with Crippen LogP contribution in [0.1, 0.15) is 38.1 Å². The Morgan fingerprint density at radius 3 is 2.62 bits per heavy atom. The summed E-state index contributed by atoms with van der Waals surface area (Å²) in [5.74, 6) is 7.26. The van der Waals surface area contributed by atoms with Gasteiger partial charge in [-0.3, -0.25) is 0 Å². The van der Waals surface area contributed by atoms with Crippen molar-refractivity contribution in [1.29, 1.82) is 0 Å². The molecule has 1 heterocycles. The first-order chi connectivity index (χ1) is 7.58. The Bertz CT molecular complexity index is 354. The third-order valence-corrected chi connectivity index (χ3v) is 2.36. The van der Waals surface area contributed by atoms with Crippen molar-refractivity contribution < 1.29 is 4.74 Å². The number of rotatable bonds is 5. The number of hydrogen-bond donors (Lipinski definition) is 2. The standard InChI is InChI=1S/C11H20N4O/c1-5-6-7(2)16-11-8(3)10(15-12)13-9(4)14-11/h7H,5-6,12H2,1-4H3,(H,13,14,15). The lowest BCUT2D eigenvalue weighted by Gasteiger charge is -2.16. The highest BCUT2D eigenvalue weighted by molar-refractivity contribution is 5.47. The fraction of sp³-hybridized carbons (Fsp3) is 0.636. The number of aryl methyl sites for hydroxylation is 1. The van der Waals surface area contributed by atoms with Gasteiger partial charge in [0.2, 0.25) is 5.88 Å². The summed E-state index contributed by atoms with van der Waals surface area (Å²) in [7, 11) is 0. The lowest BCUT2D eigenvalue weighted by molar-refractivity contribution is 0.199. The summed E-state index contributed by atoms with van der Waals surface area (Å²) >= 11 is 0. The summed E-state index contributed by atoms with van der Waals surface area (Å²) in [4.78, 5) is 8.45. The highest BCUT2D eigenvalue weighted by Gasteiger charge is 2.12. The van der Waals surface area contributed by atoms with Crippen LogP contribution in [0.5, 0.6) is 5.88 Å². The Labute approximate surface area is 96.4 Å². The molecular weight excluding hydrogens is 204 g/mol. The second kappa shape index (κ2) is 5.65. The van der Waals surface area contributed by atoms with Gasteiger partial charge < -0.3 is 10.2 Å². The predicted octanol–water partition coefficient (Wildman–Crippen LogP) is 1.95. The van der Waals surface area contributed by atoms with E-state index in [-0.39, 0.29) is 6.10 Å². The molecular formula is C11H20N4O. The Morgan fingerprint density at radius 1 is 1.38 bits per heavy atom. The van der Waals surface area contributed by atoms with Crippen LogP contribution in [0, 0.1) is 13.8 Å². The molecule has 1 rings (SSSR count). The van der Waals surface area contributed by atoms with Gasteiger partial charge in [0.15, 0.2) is 0 Å². The molecule has 3 N–H and O–H groups in total. The zero-order chi connectivity index (χ0) is 12.1. The molecule has 0 spiro atoms. The molecule has 0 aliphatic heterocycles. The van der Waals surface area contributed by atoms with Crippen molar-refractivity contribution in [2.24, 2.45) is 5.84 Å². The minimum Gasteiger partial charge on any atom is -0.474 e. The Hall–Kier alpha value is -1.36. The van der Waals surface area contributed by atoms with Crippen LogP contribution >= 0.6 is 0 Å². The van der Waals surface area contributed by atoms with Crippen LogP contribution < -0.4 is 16.0 Å². The van der Waals surface area contributed by atoms with Gasteiger partial charge in [-0.1, -0.05) is 13.3 Å². The molecule has 0 amide bonds. The highest BCUT2D eigenvalue weighted by atomic mass is 16.5. The maximum atomic E-state index is 5.76. The van der Waals surface area contributed by atoms with Crippen molar-refractivity contribution in [2.75, 3.05) is 5.43 Å². The van der Waals surface area contributed by atoms with Crippen molar-refractivity contribution in [2.45, 2.75) is 46.6 Å².